The Balaban J connectivity index is 0.000000405. The van der Waals surface area contributed by atoms with Crippen LogP contribution in [0.15, 0.2) is 30.3 Å². The molecule has 0 bridgehead atoms. The van der Waals surface area contributed by atoms with Crippen molar-refractivity contribution >= 4 is 0 Å². The summed E-state index contributed by atoms with van der Waals surface area (Å²) in [6, 6.07) is 10.0. The van der Waals surface area contributed by atoms with Gasteiger partial charge in [0.1, 0.15) is 0 Å². The van der Waals surface area contributed by atoms with E-state index in [0.29, 0.717) is 0 Å². The average Bonchev–Trinajstić information content (AvgIpc) is 2.90. The van der Waals surface area contributed by atoms with Crippen molar-refractivity contribution in [1.82, 2.24) is 0 Å². The molecule has 2 aromatic rings. The van der Waals surface area contributed by atoms with Gasteiger partial charge in [-0.3, -0.25) is 0 Å². The fourth-order valence-electron chi connectivity index (χ4n) is 2.01. The van der Waals surface area contributed by atoms with Gasteiger partial charge in [-0.15, -0.1) is 0 Å². The predicted octanol–water partition coefficient (Wildman–Crippen LogP) is 4.94. The van der Waals surface area contributed by atoms with Gasteiger partial charge < -0.3 is 0 Å². The first-order valence-corrected chi connectivity index (χ1v) is 6.17. The van der Waals surface area contributed by atoms with Crippen LogP contribution in [0.1, 0.15) is 33.4 Å². The maximum atomic E-state index is 2.21. The zero-order chi connectivity index (χ0) is 13.0. The molecule has 0 unspecified atom stereocenters. The summed E-state index contributed by atoms with van der Waals surface area (Å²) in [5.41, 5.74) is 8.73. The maximum absolute atomic E-state index is 2.21. The molecule has 2 rings (SSSR count). The molecular formula is C17H23V-. The first-order chi connectivity index (χ1) is 7.96. The summed E-state index contributed by atoms with van der Waals surface area (Å²) in [6.45, 7) is 13.3. The molecule has 1 heteroatoms. The summed E-state index contributed by atoms with van der Waals surface area (Å²) >= 11 is 0. The van der Waals surface area contributed by atoms with Crippen LogP contribution in [-0.4, -0.2) is 0 Å². The molecule has 97 valence electrons. The molecule has 0 fully saturated rings. The van der Waals surface area contributed by atoms with Crippen molar-refractivity contribution in [1.29, 1.82) is 0 Å². The summed E-state index contributed by atoms with van der Waals surface area (Å²) in [6.07, 6.45) is 0. The van der Waals surface area contributed by atoms with Gasteiger partial charge in [0.05, 0.1) is 0 Å². The number of hydrogen-bond acceptors (Lipinski definition) is 0. The van der Waals surface area contributed by atoms with E-state index in [-0.39, 0.29) is 18.6 Å². The molecule has 0 saturated heterocycles. The van der Waals surface area contributed by atoms with E-state index in [4.69, 9.17) is 0 Å². The smallest absolute Gasteiger partial charge is 0 e. The van der Waals surface area contributed by atoms with E-state index in [1.54, 1.807) is 0 Å². The predicted molar refractivity (Wildman–Crippen MR) is 76.9 cm³/mol. The van der Waals surface area contributed by atoms with Crippen molar-refractivity contribution in [3.8, 4) is 0 Å². The first-order valence-electron chi connectivity index (χ1n) is 6.17. The summed E-state index contributed by atoms with van der Waals surface area (Å²) in [4.78, 5) is 0. The van der Waals surface area contributed by atoms with Gasteiger partial charge in [-0.2, -0.15) is 18.2 Å². The SMILES string of the molecule is Cc1c(C)c(C)c(C)c(C)c1C.[V].c1cc[cH-]c1. The van der Waals surface area contributed by atoms with Gasteiger partial charge >= 0.3 is 0 Å². The second-order valence-corrected chi connectivity index (χ2v) is 4.71. The van der Waals surface area contributed by atoms with Crippen LogP contribution in [0.4, 0.5) is 0 Å². The topological polar surface area (TPSA) is 0 Å². The molecule has 2 aromatic carbocycles. The molecule has 18 heavy (non-hydrogen) atoms. The quantitative estimate of drug-likeness (QED) is 0.599. The van der Waals surface area contributed by atoms with Crippen LogP contribution in [0.25, 0.3) is 0 Å². The van der Waals surface area contributed by atoms with E-state index in [0.717, 1.165) is 0 Å². The van der Waals surface area contributed by atoms with Crippen LogP contribution < -0.4 is 0 Å². The zero-order valence-electron chi connectivity index (χ0n) is 12.3. The fraction of sp³-hybridized carbons (Fsp3) is 0.353. The van der Waals surface area contributed by atoms with Crippen LogP contribution in [-0.2, 0) is 18.6 Å². The number of hydrogen-bond donors (Lipinski definition) is 0. The molecule has 0 N–H and O–H groups in total. The second-order valence-electron chi connectivity index (χ2n) is 4.71. The molecule has 1 radical (unpaired) electrons. The zero-order valence-corrected chi connectivity index (χ0v) is 13.7. The van der Waals surface area contributed by atoms with Gasteiger partial charge in [-0.1, -0.05) is 0 Å². The third kappa shape index (κ3) is 3.83. The number of benzene rings is 1. The molecule has 0 nitrogen and oxygen atoms in total. The summed E-state index contributed by atoms with van der Waals surface area (Å²) in [5.74, 6) is 0. The van der Waals surface area contributed by atoms with Crippen molar-refractivity contribution in [3.05, 3.63) is 63.7 Å². The van der Waals surface area contributed by atoms with E-state index in [1.807, 2.05) is 30.3 Å². The third-order valence-electron chi connectivity index (χ3n) is 3.93. The van der Waals surface area contributed by atoms with Crippen LogP contribution in [0.2, 0.25) is 0 Å². The summed E-state index contributed by atoms with van der Waals surface area (Å²) in [7, 11) is 0. The summed E-state index contributed by atoms with van der Waals surface area (Å²) in [5, 5.41) is 0. The molecule has 0 spiro atoms. The van der Waals surface area contributed by atoms with Gasteiger partial charge in [0.25, 0.3) is 0 Å². The molecule has 0 aliphatic heterocycles. The molecule has 0 amide bonds. The van der Waals surface area contributed by atoms with Gasteiger partial charge in [0.15, 0.2) is 0 Å². The summed E-state index contributed by atoms with van der Waals surface area (Å²) < 4.78 is 0. The van der Waals surface area contributed by atoms with Crippen molar-refractivity contribution in [2.24, 2.45) is 0 Å². The molecule has 0 saturated carbocycles. The first kappa shape index (κ1) is 17.2. The van der Waals surface area contributed by atoms with E-state index in [2.05, 4.69) is 41.5 Å². The minimum Gasteiger partial charge on any atom is -0.214 e. The Morgan fingerprint density at radius 1 is 0.556 bits per heavy atom. The molecule has 0 aliphatic carbocycles. The Bertz CT molecular complexity index is 357. The largest absolute Gasteiger partial charge is 0.214 e. The maximum Gasteiger partial charge on any atom is 0 e. The minimum absolute atomic E-state index is 0. The van der Waals surface area contributed by atoms with E-state index >= 15 is 0 Å². The number of rotatable bonds is 0. The third-order valence-corrected chi connectivity index (χ3v) is 3.93. The Morgan fingerprint density at radius 3 is 0.889 bits per heavy atom. The van der Waals surface area contributed by atoms with E-state index in [9.17, 15) is 0 Å². The molecule has 0 aliphatic rings. The van der Waals surface area contributed by atoms with Gasteiger partial charge in [0, 0.05) is 18.6 Å². The van der Waals surface area contributed by atoms with Crippen molar-refractivity contribution in [3.63, 3.8) is 0 Å². The van der Waals surface area contributed by atoms with Gasteiger partial charge in [-0.25, -0.2) is 12.1 Å². The fourth-order valence-corrected chi connectivity index (χ4v) is 2.01. The Hall–Kier alpha value is -0.846. The van der Waals surface area contributed by atoms with E-state index < -0.39 is 0 Å². The average molecular weight is 278 g/mol. The molecular weight excluding hydrogens is 255 g/mol. The molecule has 0 atom stereocenters. The monoisotopic (exact) mass is 278 g/mol. The van der Waals surface area contributed by atoms with Crippen molar-refractivity contribution < 1.29 is 18.6 Å². The van der Waals surface area contributed by atoms with Crippen LogP contribution in [0, 0.1) is 41.5 Å². The van der Waals surface area contributed by atoms with Gasteiger partial charge in [0.2, 0.25) is 0 Å². The normalized spacial score (nSPS) is 9.22. The van der Waals surface area contributed by atoms with Crippen LogP contribution in [0.5, 0.6) is 0 Å². The Kier molecular flexibility index (Phi) is 7.20. The van der Waals surface area contributed by atoms with Crippen LogP contribution >= 0.6 is 0 Å². The van der Waals surface area contributed by atoms with Crippen LogP contribution in [0.3, 0.4) is 0 Å². The Labute approximate surface area is 124 Å². The van der Waals surface area contributed by atoms with Gasteiger partial charge in [-0.05, 0) is 74.9 Å². The molecule has 0 heterocycles. The van der Waals surface area contributed by atoms with Crippen molar-refractivity contribution in [2.75, 3.05) is 0 Å². The van der Waals surface area contributed by atoms with Crippen molar-refractivity contribution in [2.45, 2.75) is 41.5 Å². The minimum atomic E-state index is 0. The second kappa shape index (κ2) is 7.56. The Morgan fingerprint density at radius 2 is 0.778 bits per heavy atom. The van der Waals surface area contributed by atoms with E-state index in [1.165, 1.54) is 33.4 Å². The molecule has 0 aromatic heterocycles. The standard InChI is InChI=1S/C12H18.C5H5.V/c1-7-8(2)10(4)12(6)11(5)9(7)3;1-2-4-5-3-1;/h1-6H3;1-5H;/q;-1;.